The minimum Gasteiger partial charge on any atom is -0.354 e. The molecule has 0 aliphatic rings. The number of hydrogen-bond donors (Lipinski definition) is 2. The highest BCUT2D eigenvalue weighted by molar-refractivity contribution is 6.33. The van der Waals surface area contributed by atoms with Gasteiger partial charge in [-0.25, -0.2) is 4.68 Å². The fourth-order valence-corrected chi connectivity index (χ4v) is 3.26. The van der Waals surface area contributed by atoms with Crippen molar-refractivity contribution in [3.05, 3.63) is 83.1 Å². The van der Waals surface area contributed by atoms with Gasteiger partial charge in [0.15, 0.2) is 0 Å². The lowest BCUT2D eigenvalue weighted by molar-refractivity contribution is -0.123. The quantitative estimate of drug-likeness (QED) is 0.579. The van der Waals surface area contributed by atoms with Crippen LogP contribution in [0, 0.1) is 5.92 Å². The van der Waals surface area contributed by atoms with E-state index < -0.39 is 6.04 Å². The number of nitrogens with one attached hydrogen (secondary N) is 2. The molecule has 0 bridgehead atoms. The number of para-hydroxylation sites is 1. The maximum absolute atomic E-state index is 12.7. The van der Waals surface area contributed by atoms with Crippen molar-refractivity contribution in [2.75, 3.05) is 6.54 Å². The molecule has 156 valence electrons. The monoisotopic (exact) mass is 424 g/mol. The Hall–Kier alpha value is -3.12. The fourth-order valence-electron chi connectivity index (χ4n) is 3.04. The average Bonchev–Trinajstić information content (AvgIpc) is 3.21. The van der Waals surface area contributed by atoms with Crippen LogP contribution in [-0.2, 0) is 11.2 Å². The van der Waals surface area contributed by atoms with Crippen LogP contribution < -0.4 is 10.6 Å². The third-order valence-electron chi connectivity index (χ3n) is 4.70. The first kappa shape index (κ1) is 21.6. The number of carbonyl (C=O) groups excluding carboxylic acids is 2. The van der Waals surface area contributed by atoms with E-state index in [9.17, 15) is 9.59 Å². The summed E-state index contributed by atoms with van der Waals surface area (Å²) in [4.78, 5) is 25.2. The van der Waals surface area contributed by atoms with Crippen molar-refractivity contribution >= 4 is 23.4 Å². The number of benzene rings is 2. The van der Waals surface area contributed by atoms with Crippen molar-refractivity contribution in [3.63, 3.8) is 0 Å². The number of amides is 2. The van der Waals surface area contributed by atoms with Gasteiger partial charge in [-0.3, -0.25) is 9.59 Å². The molecule has 0 aliphatic carbocycles. The van der Waals surface area contributed by atoms with Crippen LogP contribution in [0.3, 0.4) is 0 Å². The summed E-state index contributed by atoms with van der Waals surface area (Å²) in [6.45, 7) is 4.20. The summed E-state index contributed by atoms with van der Waals surface area (Å²) in [5.41, 5.74) is 2.21. The van der Waals surface area contributed by atoms with Crippen LogP contribution in [0.1, 0.15) is 29.9 Å². The van der Waals surface area contributed by atoms with Crippen LogP contribution >= 0.6 is 11.6 Å². The second kappa shape index (κ2) is 10.1. The molecular weight excluding hydrogens is 400 g/mol. The van der Waals surface area contributed by atoms with Gasteiger partial charge in [0.05, 0.1) is 22.0 Å². The lowest BCUT2D eigenvalue weighted by atomic mass is 10.0. The van der Waals surface area contributed by atoms with E-state index in [-0.39, 0.29) is 17.7 Å². The topological polar surface area (TPSA) is 76.0 Å². The maximum atomic E-state index is 12.7. The highest BCUT2D eigenvalue weighted by atomic mass is 35.5. The van der Waals surface area contributed by atoms with Gasteiger partial charge in [-0.2, -0.15) is 5.10 Å². The molecule has 2 aromatic carbocycles. The Kier molecular flexibility index (Phi) is 7.25. The molecule has 2 amide bonds. The first-order valence-electron chi connectivity index (χ1n) is 9.89. The van der Waals surface area contributed by atoms with E-state index in [0.717, 1.165) is 11.4 Å². The van der Waals surface area contributed by atoms with Gasteiger partial charge in [0.25, 0.3) is 5.91 Å². The SMILES string of the molecule is CC(C)C(NC(=O)c1ccccc1Cl)C(=O)NCCc1ccn(-c2ccccc2)n1. The fraction of sp³-hybridized carbons (Fsp3) is 0.261. The number of carbonyl (C=O) groups is 2. The van der Waals surface area contributed by atoms with Gasteiger partial charge in [0, 0.05) is 19.2 Å². The van der Waals surface area contributed by atoms with Gasteiger partial charge >= 0.3 is 0 Å². The van der Waals surface area contributed by atoms with E-state index in [4.69, 9.17) is 11.6 Å². The number of hydrogen-bond acceptors (Lipinski definition) is 3. The molecule has 0 fully saturated rings. The molecule has 3 aromatic rings. The molecule has 7 heteroatoms. The van der Waals surface area contributed by atoms with Gasteiger partial charge < -0.3 is 10.6 Å². The highest BCUT2D eigenvalue weighted by Crippen LogP contribution is 2.15. The third kappa shape index (κ3) is 5.48. The average molecular weight is 425 g/mol. The molecule has 0 aliphatic heterocycles. The zero-order valence-corrected chi connectivity index (χ0v) is 17.8. The lowest BCUT2D eigenvalue weighted by Crippen LogP contribution is -2.50. The van der Waals surface area contributed by atoms with E-state index in [1.807, 2.05) is 56.4 Å². The normalized spacial score (nSPS) is 11.9. The zero-order valence-electron chi connectivity index (χ0n) is 17.0. The molecular formula is C23H25ClN4O2. The second-order valence-corrected chi connectivity index (χ2v) is 7.71. The van der Waals surface area contributed by atoms with Crippen LogP contribution in [0.2, 0.25) is 5.02 Å². The summed E-state index contributed by atoms with van der Waals surface area (Å²) in [5.74, 6) is -0.669. The molecule has 0 spiro atoms. The second-order valence-electron chi connectivity index (χ2n) is 7.30. The maximum Gasteiger partial charge on any atom is 0.253 e. The van der Waals surface area contributed by atoms with Crippen LogP contribution in [0.25, 0.3) is 5.69 Å². The first-order valence-corrected chi connectivity index (χ1v) is 10.3. The van der Waals surface area contributed by atoms with E-state index in [2.05, 4.69) is 15.7 Å². The summed E-state index contributed by atoms with van der Waals surface area (Å²) in [7, 11) is 0. The number of halogens is 1. The van der Waals surface area contributed by atoms with Crippen molar-refractivity contribution in [1.82, 2.24) is 20.4 Å². The largest absolute Gasteiger partial charge is 0.354 e. The third-order valence-corrected chi connectivity index (χ3v) is 5.03. The van der Waals surface area contributed by atoms with Gasteiger partial charge in [0.1, 0.15) is 6.04 Å². The van der Waals surface area contributed by atoms with Crippen molar-refractivity contribution < 1.29 is 9.59 Å². The Balaban J connectivity index is 1.55. The smallest absolute Gasteiger partial charge is 0.253 e. The highest BCUT2D eigenvalue weighted by Gasteiger charge is 2.25. The molecule has 30 heavy (non-hydrogen) atoms. The van der Waals surface area contributed by atoms with Crippen molar-refractivity contribution in [1.29, 1.82) is 0 Å². The Bertz CT molecular complexity index is 1000. The Morgan fingerprint density at radius 3 is 2.43 bits per heavy atom. The summed E-state index contributed by atoms with van der Waals surface area (Å²) >= 11 is 6.09. The zero-order chi connectivity index (χ0) is 21.5. The Morgan fingerprint density at radius 2 is 1.73 bits per heavy atom. The van der Waals surface area contributed by atoms with Gasteiger partial charge in [0.2, 0.25) is 5.91 Å². The van der Waals surface area contributed by atoms with E-state index >= 15 is 0 Å². The summed E-state index contributed by atoms with van der Waals surface area (Å²) in [6.07, 6.45) is 2.49. The van der Waals surface area contributed by atoms with E-state index in [1.54, 1.807) is 28.9 Å². The molecule has 0 saturated heterocycles. The molecule has 1 aromatic heterocycles. The molecule has 0 saturated carbocycles. The van der Waals surface area contributed by atoms with Crippen molar-refractivity contribution in [3.8, 4) is 5.69 Å². The number of aromatic nitrogens is 2. The predicted octanol–water partition coefficient (Wildman–Crippen LogP) is 3.64. The van der Waals surface area contributed by atoms with Crippen LogP contribution in [0.15, 0.2) is 66.9 Å². The molecule has 6 nitrogen and oxygen atoms in total. The van der Waals surface area contributed by atoms with E-state index in [0.29, 0.717) is 23.6 Å². The summed E-state index contributed by atoms with van der Waals surface area (Å²) in [5, 5.41) is 10.6. The van der Waals surface area contributed by atoms with Gasteiger partial charge in [-0.05, 0) is 36.2 Å². The Labute approximate surface area is 181 Å². The standard InChI is InChI=1S/C23H25ClN4O2/c1-16(2)21(26-22(29)19-10-6-7-11-20(19)24)23(30)25-14-12-17-13-15-28(27-17)18-8-4-3-5-9-18/h3-11,13,15-16,21H,12,14H2,1-2H3,(H,25,30)(H,26,29). The molecule has 3 rings (SSSR count). The Morgan fingerprint density at radius 1 is 1.03 bits per heavy atom. The molecule has 2 N–H and O–H groups in total. The molecule has 1 atom stereocenters. The minimum atomic E-state index is -0.657. The minimum absolute atomic E-state index is 0.0753. The van der Waals surface area contributed by atoms with Crippen molar-refractivity contribution in [2.45, 2.75) is 26.3 Å². The number of nitrogens with zero attached hydrogens (tertiary/aromatic N) is 2. The lowest BCUT2D eigenvalue weighted by Gasteiger charge is -2.22. The van der Waals surface area contributed by atoms with Crippen LogP contribution in [-0.4, -0.2) is 34.2 Å². The number of rotatable bonds is 8. The van der Waals surface area contributed by atoms with E-state index in [1.165, 1.54) is 0 Å². The summed E-state index contributed by atoms with van der Waals surface area (Å²) in [6, 6.07) is 17.9. The first-order chi connectivity index (χ1) is 14.5. The molecule has 1 heterocycles. The van der Waals surface area contributed by atoms with Gasteiger partial charge in [-0.1, -0.05) is 55.8 Å². The van der Waals surface area contributed by atoms with Crippen LogP contribution in [0.5, 0.6) is 0 Å². The van der Waals surface area contributed by atoms with Crippen LogP contribution in [0.4, 0.5) is 0 Å². The predicted molar refractivity (Wildman–Crippen MR) is 118 cm³/mol. The van der Waals surface area contributed by atoms with Crippen molar-refractivity contribution in [2.24, 2.45) is 5.92 Å². The van der Waals surface area contributed by atoms with Gasteiger partial charge in [-0.15, -0.1) is 0 Å². The molecule has 1 unspecified atom stereocenters. The molecule has 0 radical (unpaired) electrons. The summed E-state index contributed by atoms with van der Waals surface area (Å²) < 4.78 is 1.80.